The molecule has 0 amide bonds. The molecular formula is C17H27NOS. The van der Waals surface area contributed by atoms with Gasteiger partial charge in [-0.3, -0.25) is 0 Å². The van der Waals surface area contributed by atoms with Gasteiger partial charge in [-0.15, -0.1) is 11.8 Å². The molecule has 0 aliphatic carbocycles. The second-order valence-corrected chi connectivity index (χ2v) is 7.29. The monoisotopic (exact) mass is 293 g/mol. The second-order valence-electron chi connectivity index (χ2n) is 6.20. The molecule has 1 aliphatic rings. The second kappa shape index (κ2) is 6.97. The quantitative estimate of drug-likeness (QED) is 0.785. The Morgan fingerprint density at radius 2 is 2.25 bits per heavy atom. The summed E-state index contributed by atoms with van der Waals surface area (Å²) in [4.78, 5) is 1.35. The summed E-state index contributed by atoms with van der Waals surface area (Å²) in [5.74, 6) is 1.06. The highest BCUT2D eigenvalue weighted by Gasteiger charge is 2.31. The van der Waals surface area contributed by atoms with E-state index in [4.69, 9.17) is 4.74 Å². The highest BCUT2D eigenvalue weighted by Crippen LogP contribution is 2.33. The van der Waals surface area contributed by atoms with E-state index in [-0.39, 0.29) is 5.60 Å². The third kappa shape index (κ3) is 4.51. The van der Waals surface area contributed by atoms with Crippen LogP contribution in [0, 0.1) is 0 Å². The van der Waals surface area contributed by atoms with Gasteiger partial charge in [-0.05, 0) is 57.9 Å². The zero-order valence-corrected chi connectivity index (χ0v) is 13.9. The Labute approximate surface area is 127 Å². The van der Waals surface area contributed by atoms with E-state index in [2.05, 4.69) is 57.3 Å². The van der Waals surface area contributed by atoms with Gasteiger partial charge in [0.1, 0.15) is 0 Å². The zero-order chi connectivity index (χ0) is 14.6. The Balaban J connectivity index is 1.88. The van der Waals surface area contributed by atoms with Crippen LogP contribution in [0.25, 0.3) is 0 Å². The maximum atomic E-state index is 6.05. The molecule has 3 heteroatoms. The molecule has 2 unspecified atom stereocenters. The standard InChI is InChI=1S/C17H27NOS/c1-5-18-13(2)14-7-6-8-16(11-14)20-12-15-9-10-17(3,4)19-15/h6-8,11,13,15,18H,5,9-10,12H2,1-4H3. The summed E-state index contributed by atoms with van der Waals surface area (Å²) < 4.78 is 6.05. The van der Waals surface area contributed by atoms with E-state index < -0.39 is 0 Å². The van der Waals surface area contributed by atoms with Crippen molar-refractivity contribution in [2.75, 3.05) is 12.3 Å². The van der Waals surface area contributed by atoms with Crippen molar-refractivity contribution < 1.29 is 4.74 Å². The average Bonchev–Trinajstić information content (AvgIpc) is 2.77. The first-order chi connectivity index (χ1) is 9.50. The lowest BCUT2D eigenvalue weighted by Crippen LogP contribution is -2.21. The molecule has 0 bridgehead atoms. The largest absolute Gasteiger partial charge is 0.371 e. The molecule has 1 heterocycles. The van der Waals surface area contributed by atoms with Crippen LogP contribution in [0.5, 0.6) is 0 Å². The fourth-order valence-corrected chi connectivity index (χ4v) is 3.69. The van der Waals surface area contributed by atoms with E-state index in [0.29, 0.717) is 12.1 Å². The van der Waals surface area contributed by atoms with Gasteiger partial charge in [0, 0.05) is 16.7 Å². The highest BCUT2D eigenvalue weighted by atomic mass is 32.2. The van der Waals surface area contributed by atoms with Crippen LogP contribution >= 0.6 is 11.8 Å². The molecule has 0 spiro atoms. The maximum Gasteiger partial charge on any atom is 0.0677 e. The lowest BCUT2D eigenvalue weighted by Gasteiger charge is -2.19. The predicted molar refractivity (Wildman–Crippen MR) is 87.4 cm³/mol. The van der Waals surface area contributed by atoms with Gasteiger partial charge in [0.15, 0.2) is 0 Å². The molecule has 20 heavy (non-hydrogen) atoms. The van der Waals surface area contributed by atoms with Crippen LogP contribution in [-0.2, 0) is 4.74 Å². The lowest BCUT2D eigenvalue weighted by molar-refractivity contribution is -0.00466. The summed E-state index contributed by atoms with van der Waals surface area (Å²) >= 11 is 1.92. The summed E-state index contributed by atoms with van der Waals surface area (Å²) in [5, 5.41) is 3.46. The summed E-state index contributed by atoms with van der Waals surface area (Å²) in [7, 11) is 0. The zero-order valence-electron chi connectivity index (χ0n) is 13.1. The number of rotatable bonds is 6. The first-order valence-electron chi connectivity index (χ1n) is 7.64. The van der Waals surface area contributed by atoms with E-state index in [1.807, 2.05) is 11.8 Å². The van der Waals surface area contributed by atoms with Gasteiger partial charge >= 0.3 is 0 Å². The first kappa shape index (κ1) is 15.9. The molecule has 0 saturated carbocycles. The van der Waals surface area contributed by atoms with Crippen molar-refractivity contribution >= 4 is 11.8 Å². The van der Waals surface area contributed by atoms with Crippen molar-refractivity contribution in [3.63, 3.8) is 0 Å². The Kier molecular flexibility index (Phi) is 5.53. The van der Waals surface area contributed by atoms with Crippen LogP contribution in [0.4, 0.5) is 0 Å². The van der Waals surface area contributed by atoms with Crippen LogP contribution in [0.15, 0.2) is 29.2 Å². The Hall–Kier alpha value is -0.510. The number of hydrogen-bond acceptors (Lipinski definition) is 3. The van der Waals surface area contributed by atoms with Crippen LogP contribution in [0.2, 0.25) is 0 Å². The SMILES string of the molecule is CCNC(C)c1cccc(SCC2CCC(C)(C)O2)c1. The fraction of sp³-hybridized carbons (Fsp3) is 0.647. The molecule has 0 radical (unpaired) electrons. The highest BCUT2D eigenvalue weighted by molar-refractivity contribution is 7.99. The van der Waals surface area contributed by atoms with E-state index in [1.54, 1.807) is 0 Å². The third-order valence-corrected chi connectivity index (χ3v) is 4.98. The number of ether oxygens (including phenoxy) is 1. The van der Waals surface area contributed by atoms with Gasteiger partial charge < -0.3 is 10.1 Å². The first-order valence-corrected chi connectivity index (χ1v) is 8.63. The Morgan fingerprint density at radius 3 is 2.90 bits per heavy atom. The predicted octanol–water partition coefficient (Wildman–Crippen LogP) is 4.41. The van der Waals surface area contributed by atoms with Gasteiger partial charge in [0.05, 0.1) is 11.7 Å². The Bertz CT molecular complexity index is 433. The van der Waals surface area contributed by atoms with Crippen molar-refractivity contribution in [1.29, 1.82) is 0 Å². The molecule has 1 fully saturated rings. The minimum atomic E-state index is 0.0760. The summed E-state index contributed by atoms with van der Waals surface area (Å²) in [6.07, 6.45) is 2.77. The van der Waals surface area contributed by atoms with Crippen molar-refractivity contribution in [1.82, 2.24) is 5.32 Å². The van der Waals surface area contributed by atoms with Crippen molar-refractivity contribution in [3.8, 4) is 0 Å². The average molecular weight is 293 g/mol. The smallest absolute Gasteiger partial charge is 0.0677 e. The molecule has 1 aliphatic heterocycles. The number of nitrogens with one attached hydrogen (secondary N) is 1. The van der Waals surface area contributed by atoms with Gasteiger partial charge in [-0.1, -0.05) is 19.1 Å². The van der Waals surface area contributed by atoms with Crippen LogP contribution < -0.4 is 5.32 Å². The van der Waals surface area contributed by atoms with Crippen molar-refractivity contribution in [2.24, 2.45) is 0 Å². The molecule has 2 atom stereocenters. The van der Waals surface area contributed by atoms with Crippen LogP contribution in [0.1, 0.15) is 52.1 Å². The minimum absolute atomic E-state index is 0.0760. The van der Waals surface area contributed by atoms with Gasteiger partial charge in [-0.2, -0.15) is 0 Å². The van der Waals surface area contributed by atoms with E-state index in [9.17, 15) is 0 Å². The molecule has 1 aromatic carbocycles. The van der Waals surface area contributed by atoms with Gasteiger partial charge in [0.25, 0.3) is 0 Å². The number of thioether (sulfide) groups is 1. The van der Waals surface area contributed by atoms with Crippen molar-refractivity contribution in [3.05, 3.63) is 29.8 Å². The fourth-order valence-electron chi connectivity index (χ4n) is 2.68. The lowest BCUT2D eigenvalue weighted by atomic mass is 10.1. The summed E-state index contributed by atoms with van der Waals surface area (Å²) in [5.41, 5.74) is 1.44. The molecule has 0 aromatic heterocycles. The maximum absolute atomic E-state index is 6.05. The van der Waals surface area contributed by atoms with Gasteiger partial charge in [-0.25, -0.2) is 0 Å². The molecule has 1 saturated heterocycles. The summed E-state index contributed by atoms with van der Waals surface area (Å²) in [6, 6.07) is 9.28. The topological polar surface area (TPSA) is 21.3 Å². The van der Waals surface area contributed by atoms with E-state index in [0.717, 1.165) is 12.3 Å². The minimum Gasteiger partial charge on any atom is -0.371 e. The molecular weight excluding hydrogens is 266 g/mol. The normalized spacial score (nSPS) is 22.9. The van der Waals surface area contributed by atoms with Gasteiger partial charge in [0.2, 0.25) is 0 Å². The third-order valence-electron chi connectivity index (χ3n) is 3.86. The summed E-state index contributed by atoms with van der Waals surface area (Å²) in [6.45, 7) is 9.75. The number of hydrogen-bond donors (Lipinski definition) is 1. The molecule has 1 N–H and O–H groups in total. The van der Waals surface area contributed by atoms with E-state index >= 15 is 0 Å². The Morgan fingerprint density at radius 1 is 1.45 bits per heavy atom. The van der Waals surface area contributed by atoms with Crippen molar-refractivity contribution in [2.45, 2.75) is 63.2 Å². The van der Waals surface area contributed by atoms with Crippen LogP contribution in [0.3, 0.4) is 0 Å². The van der Waals surface area contributed by atoms with Crippen LogP contribution in [-0.4, -0.2) is 24.0 Å². The number of benzene rings is 1. The molecule has 2 rings (SSSR count). The molecule has 2 nitrogen and oxygen atoms in total. The molecule has 112 valence electrons. The van der Waals surface area contributed by atoms with E-state index in [1.165, 1.54) is 23.3 Å². The molecule has 1 aromatic rings.